The maximum Gasteiger partial charge on any atom is 0.179 e. The van der Waals surface area contributed by atoms with Crippen molar-refractivity contribution in [2.75, 3.05) is 4.90 Å². The van der Waals surface area contributed by atoms with Gasteiger partial charge in [-0.15, -0.1) is 0 Å². The second-order valence-electron chi connectivity index (χ2n) is 17.4. The second kappa shape index (κ2) is 14.8. The van der Waals surface area contributed by atoms with Gasteiger partial charge in [0.25, 0.3) is 0 Å². The summed E-state index contributed by atoms with van der Waals surface area (Å²) in [5.74, 6) is 1.85. The molecule has 0 radical (unpaired) electrons. The maximum absolute atomic E-state index is 5.26. The number of para-hydroxylation sites is 5. The van der Waals surface area contributed by atoms with Crippen molar-refractivity contribution in [2.24, 2.45) is 7.05 Å². The lowest BCUT2D eigenvalue weighted by atomic mass is 10.1. The van der Waals surface area contributed by atoms with E-state index in [9.17, 15) is 0 Å². The number of imidazole rings is 1. The van der Waals surface area contributed by atoms with Crippen molar-refractivity contribution in [3.8, 4) is 17.2 Å². The number of aromatic nitrogens is 4. The number of rotatable bonds is 7. The summed E-state index contributed by atoms with van der Waals surface area (Å²) in [5.41, 5.74) is 9.17. The van der Waals surface area contributed by atoms with Gasteiger partial charge in [0.15, 0.2) is 8.07 Å². The van der Waals surface area contributed by atoms with Crippen LogP contribution in [0.5, 0.6) is 0 Å². The zero-order valence-corrected chi connectivity index (χ0v) is 38.0. The molecule has 0 aliphatic carbocycles. The van der Waals surface area contributed by atoms with Gasteiger partial charge in [0, 0.05) is 41.0 Å². The summed E-state index contributed by atoms with van der Waals surface area (Å²) < 4.78 is 4.66. The van der Waals surface area contributed by atoms with Crippen LogP contribution in [0.1, 0.15) is 0 Å². The molecule has 0 saturated carbocycles. The van der Waals surface area contributed by atoms with Gasteiger partial charge < -0.3 is 9.47 Å². The van der Waals surface area contributed by atoms with Crippen LogP contribution in [0.4, 0.5) is 17.1 Å². The number of hydrogen-bond acceptors (Lipinski definition) is 3. The summed E-state index contributed by atoms with van der Waals surface area (Å²) in [4.78, 5) is 12.9. The molecule has 0 bridgehead atoms. The van der Waals surface area contributed by atoms with E-state index in [2.05, 4.69) is 240 Å². The molecule has 12 rings (SSSR count). The highest BCUT2D eigenvalue weighted by Gasteiger charge is 2.50. The molecule has 0 saturated heterocycles. The summed E-state index contributed by atoms with van der Waals surface area (Å²) in [7, 11) is -3.74. The molecule has 1 aliphatic rings. The van der Waals surface area contributed by atoms with Gasteiger partial charge in [-0.1, -0.05) is 171 Å². The normalized spacial score (nSPS) is 13.3. The molecular weight excluding hydrogens is 811 g/mol. The molecule has 8 aromatic carbocycles. The predicted octanol–water partition coefficient (Wildman–Crippen LogP) is 9.72. The highest BCUT2D eigenvalue weighted by molar-refractivity contribution is 7.23. The van der Waals surface area contributed by atoms with Gasteiger partial charge in [0.05, 0.1) is 27.8 Å². The van der Waals surface area contributed by atoms with E-state index in [1.165, 1.54) is 53.3 Å². The average Bonchev–Trinajstić information content (AvgIpc) is 3.87. The number of benzene rings is 8. The van der Waals surface area contributed by atoms with Gasteiger partial charge in [0.1, 0.15) is 19.7 Å². The SMILES string of the molecule is Cn1c(-c2cccc([Si](c3ccccc3)(c3ccccc3)c3cc4c(c5c3[Si](C)(C)c3ccccc3N5c3ccccc3)c3ccccc3n4-c3ccccn3)c2)nc2ccccc21. The Hall–Kier alpha value is -7.59. The van der Waals surface area contributed by atoms with E-state index < -0.39 is 16.1 Å². The van der Waals surface area contributed by atoms with Crippen molar-refractivity contribution in [2.45, 2.75) is 13.1 Å². The van der Waals surface area contributed by atoms with E-state index >= 15 is 0 Å². The summed E-state index contributed by atoms with van der Waals surface area (Å²) >= 11 is 0. The number of fused-ring (bicyclic) bond motifs is 7. The van der Waals surface area contributed by atoms with Crippen molar-refractivity contribution in [3.63, 3.8) is 0 Å². The lowest BCUT2D eigenvalue weighted by Crippen LogP contribution is -2.80. The Balaban J connectivity index is 1.32. The average molecular weight is 856 g/mol. The molecule has 0 amide bonds. The second-order valence-corrected chi connectivity index (χ2v) is 25.5. The first-order valence-corrected chi connectivity index (χ1v) is 27.1. The third kappa shape index (κ3) is 5.54. The predicted molar refractivity (Wildman–Crippen MR) is 273 cm³/mol. The van der Waals surface area contributed by atoms with Crippen LogP contribution in [0.2, 0.25) is 13.1 Å². The Kier molecular flexibility index (Phi) is 8.79. The first-order valence-electron chi connectivity index (χ1n) is 22.1. The quantitative estimate of drug-likeness (QED) is 0.119. The van der Waals surface area contributed by atoms with Crippen LogP contribution in [0, 0.1) is 0 Å². The topological polar surface area (TPSA) is 38.9 Å². The minimum Gasteiger partial charge on any atom is -0.327 e. The van der Waals surface area contributed by atoms with Gasteiger partial charge in [-0.3, -0.25) is 4.57 Å². The molecule has 0 N–H and O–H groups in total. The van der Waals surface area contributed by atoms with Crippen molar-refractivity contribution in [3.05, 3.63) is 219 Å². The Morgan fingerprint density at radius 2 is 1.16 bits per heavy atom. The first-order chi connectivity index (χ1) is 31.5. The molecule has 4 heterocycles. The first kappa shape index (κ1) is 38.1. The standard InChI is InChI=1S/C57H45N5Si2/c1-60-48-33-16-14-31-46(48)59-57(60)40-22-21-29-44(38-40)64(42-25-9-5-10-26-42,43-27-11-6-12-28-43)52-39-50-54(45-30-13-15-32-47(45)62(50)53-36-19-20-37-58-53)55-56(52)63(2,3)51-35-18-17-34-49(51)61(55)41-23-7-4-8-24-41/h4-39H,1-3H3. The number of nitrogens with zero attached hydrogens (tertiary/aromatic N) is 5. The van der Waals surface area contributed by atoms with E-state index in [0.29, 0.717) is 0 Å². The maximum atomic E-state index is 5.26. The Bertz CT molecular complexity index is 3510. The number of aryl methyl sites for hydroxylation is 1. The van der Waals surface area contributed by atoms with Gasteiger partial charge in [-0.2, -0.15) is 0 Å². The Morgan fingerprint density at radius 3 is 1.88 bits per heavy atom. The minimum absolute atomic E-state index is 0.897. The van der Waals surface area contributed by atoms with E-state index in [4.69, 9.17) is 9.97 Å². The molecule has 306 valence electrons. The number of hydrogen-bond donors (Lipinski definition) is 0. The molecule has 3 aromatic heterocycles. The van der Waals surface area contributed by atoms with E-state index in [1.807, 2.05) is 12.3 Å². The lowest BCUT2D eigenvalue weighted by molar-refractivity contribution is 0.959. The van der Waals surface area contributed by atoms with Crippen molar-refractivity contribution in [1.29, 1.82) is 0 Å². The molecule has 0 fully saturated rings. The van der Waals surface area contributed by atoms with E-state index in [0.717, 1.165) is 45.0 Å². The van der Waals surface area contributed by atoms with Gasteiger partial charge in [-0.25, -0.2) is 9.97 Å². The summed E-state index contributed by atoms with van der Waals surface area (Å²) in [6, 6.07) is 78.7. The van der Waals surface area contributed by atoms with Crippen LogP contribution in [-0.4, -0.2) is 35.2 Å². The monoisotopic (exact) mass is 855 g/mol. The Morgan fingerprint density at radius 1 is 0.531 bits per heavy atom. The molecule has 0 unspecified atom stereocenters. The van der Waals surface area contributed by atoms with Crippen molar-refractivity contribution >= 4 is 97.2 Å². The number of anilines is 3. The summed E-state index contributed by atoms with van der Waals surface area (Å²) in [5, 5.41) is 10.7. The molecule has 11 aromatic rings. The smallest absolute Gasteiger partial charge is 0.179 e. The molecule has 7 heteroatoms. The third-order valence-electron chi connectivity index (χ3n) is 13.7. The van der Waals surface area contributed by atoms with Gasteiger partial charge in [-0.05, 0) is 85.7 Å². The van der Waals surface area contributed by atoms with Crippen LogP contribution in [0.3, 0.4) is 0 Å². The zero-order chi connectivity index (χ0) is 43.0. The van der Waals surface area contributed by atoms with Gasteiger partial charge >= 0.3 is 0 Å². The van der Waals surface area contributed by atoms with Crippen LogP contribution < -0.4 is 36.0 Å². The molecule has 1 aliphatic heterocycles. The molecule has 5 nitrogen and oxygen atoms in total. The summed E-state index contributed by atoms with van der Waals surface area (Å²) in [6.45, 7) is 5.18. The Labute approximate surface area is 375 Å². The largest absolute Gasteiger partial charge is 0.327 e. The highest BCUT2D eigenvalue weighted by atomic mass is 28.3. The fourth-order valence-corrected chi connectivity index (χ4v) is 20.5. The zero-order valence-electron chi connectivity index (χ0n) is 36.0. The van der Waals surface area contributed by atoms with E-state index in [1.54, 1.807) is 0 Å². The molecule has 64 heavy (non-hydrogen) atoms. The van der Waals surface area contributed by atoms with Crippen molar-refractivity contribution in [1.82, 2.24) is 19.1 Å². The summed E-state index contributed by atoms with van der Waals surface area (Å²) in [6.07, 6.45) is 1.91. The van der Waals surface area contributed by atoms with Crippen molar-refractivity contribution < 1.29 is 0 Å². The van der Waals surface area contributed by atoms with Crippen LogP contribution in [-0.2, 0) is 7.05 Å². The van der Waals surface area contributed by atoms with Gasteiger partial charge in [0.2, 0.25) is 0 Å². The van der Waals surface area contributed by atoms with Crippen LogP contribution in [0.25, 0.3) is 50.0 Å². The highest BCUT2D eigenvalue weighted by Crippen LogP contribution is 2.45. The lowest BCUT2D eigenvalue weighted by Gasteiger charge is -2.46. The fourth-order valence-electron chi connectivity index (χ4n) is 10.9. The van der Waals surface area contributed by atoms with E-state index in [-0.39, 0.29) is 0 Å². The third-order valence-corrected chi connectivity index (χ3v) is 22.2. The molecule has 0 atom stereocenters. The van der Waals surface area contributed by atoms with Crippen LogP contribution in [0.15, 0.2) is 219 Å². The number of pyridine rings is 1. The fraction of sp³-hybridized carbons (Fsp3) is 0.0526. The van der Waals surface area contributed by atoms with Crippen LogP contribution >= 0.6 is 0 Å². The molecule has 0 spiro atoms. The molecular formula is C57H45N5Si2. The minimum atomic E-state index is -3.29.